The van der Waals surface area contributed by atoms with E-state index >= 15 is 0 Å². The van der Waals surface area contributed by atoms with Gasteiger partial charge in [-0.05, 0) is 36.6 Å². The quantitative estimate of drug-likeness (QED) is 0.539. The van der Waals surface area contributed by atoms with E-state index in [0.717, 1.165) is 22.0 Å². The average molecular weight is 428 g/mol. The second kappa shape index (κ2) is 9.00. The monoisotopic (exact) mass is 427 g/mol. The van der Waals surface area contributed by atoms with E-state index in [1.807, 2.05) is 53.4 Å². The number of ether oxygens (including phenoxy) is 3. The Kier molecular flexibility index (Phi) is 6.18. The van der Waals surface area contributed by atoms with Crippen molar-refractivity contribution in [3.63, 3.8) is 0 Å². The highest BCUT2D eigenvalue weighted by molar-refractivity contribution is 8.00. The molecule has 2 heterocycles. The van der Waals surface area contributed by atoms with Crippen molar-refractivity contribution in [2.75, 3.05) is 39.2 Å². The van der Waals surface area contributed by atoms with Gasteiger partial charge in [0, 0.05) is 18.0 Å². The summed E-state index contributed by atoms with van der Waals surface area (Å²) in [5, 5.41) is 0. The number of hydrogen-bond donors (Lipinski definition) is 0. The number of benzene rings is 2. The van der Waals surface area contributed by atoms with Gasteiger partial charge in [0.25, 0.3) is 0 Å². The standard InChI is InChI=1S/C23H25NO5S/c1-27-22(26)23(17-5-3-2-4-6-17)9-11-24(12-10-23)21(25)16-30-18-7-8-19-20(15-18)29-14-13-28-19/h2-8,15H,9-14,16H2,1H3. The zero-order chi connectivity index (χ0) is 21.0. The molecule has 4 rings (SSSR count). The van der Waals surface area contributed by atoms with Gasteiger partial charge < -0.3 is 19.1 Å². The van der Waals surface area contributed by atoms with E-state index in [1.165, 1.54) is 18.9 Å². The van der Waals surface area contributed by atoms with E-state index < -0.39 is 5.41 Å². The number of methoxy groups -OCH3 is 1. The number of carbonyl (C=O) groups is 2. The number of esters is 1. The van der Waals surface area contributed by atoms with Crippen LogP contribution in [0.5, 0.6) is 11.5 Å². The fraction of sp³-hybridized carbons (Fsp3) is 0.391. The molecule has 6 nitrogen and oxygen atoms in total. The van der Waals surface area contributed by atoms with Gasteiger partial charge in [0.15, 0.2) is 11.5 Å². The zero-order valence-electron chi connectivity index (χ0n) is 17.0. The first-order chi connectivity index (χ1) is 14.6. The Bertz CT molecular complexity index is 909. The summed E-state index contributed by atoms with van der Waals surface area (Å²) in [6.45, 7) is 2.16. The van der Waals surface area contributed by atoms with Crippen LogP contribution in [0.3, 0.4) is 0 Å². The van der Waals surface area contributed by atoms with Gasteiger partial charge >= 0.3 is 5.97 Å². The summed E-state index contributed by atoms with van der Waals surface area (Å²) in [6.07, 6.45) is 1.12. The van der Waals surface area contributed by atoms with E-state index in [4.69, 9.17) is 14.2 Å². The van der Waals surface area contributed by atoms with Crippen molar-refractivity contribution < 1.29 is 23.8 Å². The summed E-state index contributed by atoms with van der Waals surface area (Å²) in [6, 6.07) is 15.5. The highest BCUT2D eigenvalue weighted by atomic mass is 32.2. The molecule has 158 valence electrons. The Morgan fingerprint density at radius 1 is 1.03 bits per heavy atom. The molecule has 0 aromatic heterocycles. The van der Waals surface area contributed by atoms with E-state index in [-0.39, 0.29) is 11.9 Å². The van der Waals surface area contributed by atoms with Crippen LogP contribution in [-0.4, -0.2) is 55.9 Å². The maximum atomic E-state index is 12.8. The van der Waals surface area contributed by atoms with E-state index in [0.29, 0.717) is 44.9 Å². The van der Waals surface area contributed by atoms with Crippen molar-refractivity contribution in [3.8, 4) is 11.5 Å². The molecule has 0 N–H and O–H groups in total. The number of hydrogen-bond acceptors (Lipinski definition) is 6. The average Bonchev–Trinajstić information content (AvgIpc) is 2.82. The molecule has 7 heteroatoms. The highest BCUT2D eigenvalue weighted by Gasteiger charge is 2.44. The van der Waals surface area contributed by atoms with Gasteiger partial charge in [0.05, 0.1) is 18.3 Å². The number of carbonyl (C=O) groups excluding carboxylic acids is 2. The van der Waals surface area contributed by atoms with Crippen molar-refractivity contribution in [3.05, 3.63) is 54.1 Å². The lowest BCUT2D eigenvalue weighted by Crippen LogP contribution is -2.49. The van der Waals surface area contributed by atoms with Crippen molar-refractivity contribution >= 4 is 23.6 Å². The van der Waals surface area contributed by atoms with E-state index in [1.54, 1.807) is 0 Å². The minimum atomic E-state index is -0.685. The Morgan fingerprint density at radius 3 is 2.43 bits per heavy atom. The molecule has 30 heavy (non-hydrogen) atoms. The Hall–Kier alpha value is -2.67. The molecule has 2 aliphatic rings. The molecular weight excluding hydrogens is 402 g/mol. The molecule has 0 saturated carbocycles. The molecule has 2 aliphatic heterocycles. The summed E-state index contributed by atoms with van der Waals surface area (Å²) in [4.78, 5) is 28.2. The van der Waals surface area contributed by atoms with Crippen LogP contribution in [0.1, 0.15) is 18.4 Å². The van der Waals surface area contributed by atoms with Gasteiger partial charge in [0.1, 0.15) is 13.2 Å². The molecule has 0 bridgehead atoms. The predicted octanol–water partition coefficient (Wildman–Crippen LogP) is 3.28. The van der Waals surface area contributed by atoms with Crippen LogP contribution >= 0.6 is 11.8 Å². The van der Waals surface area contributed by atoms with Gasteiger partial charge in [-0.15, -0.1) is 11.8 Å². The van der Waals surface area contributed by atoms with Gasteiger partial charge in [-0.1, -0.05) is 30.3 Å². The smallest absolute Gasteiger partial charge is 0.316 e. The molecule has 1 saturated heterocycles. The number of piperidine rings is 1. The minimum absolute atomic E-state index is 0.0708. The number of thioether (sulfide) groups is 1. The summed E-state index contributed by atoms with van der Waals surface area (Å²) >= 11 is 1.48. The minimum Gasteiger partial charge on any atom is -0.486 e. The Morgan fingerprint density at radius 2 is 1.73 bits per heavy atom. The summed E-state index contributed by atoms with van der Waals surface area (Å²) in [5.41, 5.74) is 0.269. The molecule has 0 unspecified atom stereocenters. The van der Waals surface area contributed by atoms with Crippen molar-refractivity contribution in [1.29, 1.82) is 0 Å². The SMILES string of the molecule is COC(=O)C1(c2ccccc2)CCN(C(=O)CSc2ccc3c(c2)OCCO3)CC1. The highest BCUT2D eigenvalue weighted by Crippen LogP contribution is 2.38. The van der Waals surface area contributed by atoms with Crippen molar-refractivity contribution in [1.82, 2.24) is 4.90 Å². The first kappa shape index (κ1) is 20.6. The molecule has 2 aromatic carbocycles. The lowest BCUT2D eigenvalue weighted by Gasteiger charge is -2.40. The molecule has 0 aliphatic carbocycles. The molecule has 1 amide bonds. The van der Waals surface area contributed by atoms with Gasteiger partial charge in [0.2, 0.25) is 5.91 Å². The van der Waals surface area contributed by atoms with Crippen LogP contribution in [0.15, 0.2) is 53.4 Å². The number of amides is 1. The van der Waals surface area contributed by atoms with Gasteiger partial charge in [-0.3, -0.25) is 9.59 Å². The fourth-order valence-electron chi connectivity index (χ4n) is 4.05. The maximum absolute atomic E-state index is 12.8. The number of nitrogens with zero attached hydrogens (tertiary/aromatic N) is 1. The third-order valence-corrected chi connectivity index (χ3v) is 6.73. The number of fused-ring (bicyclic) bond motifs is 1. The third-order valence-electron chi connectivity index (χ3n) is 5.75. The molecule has 0 radical (unpaired) electrons. The van der Waals surface area contributed by atoms with Crippen LogP contribution in [0.2, 0.25) is 0 Å². The van der Waals surface area contributed by atoms with Crippen LogP contribution in [0.4, 0.5) is 0 Å². The number of likely N-dealkylation sites (tertiary alicyclic amines) is 1. The normalized spacial score (nSPS) is 17.3. The van der Waals surface area contributed by atoms with Crippen LogP contribution < -0.4 is 9.47 Å². The molecule has 0 spiro atoms. The Labute approximate surface area is 180 Å². The lowest BCUT2D eigenvalue weighted by atomic mass is 9.72. The Balaban J connectivity index is 1.37. The van der Waals surface area contributed by atoms with Crippen molar-refractivity contribution in [2.45, 2.75) is 23.2 Å². The first-order valence-electron chi connectivity index (χ1n) is 10.1. The topological polar surface area (TPSA) is 65.1 Å². The summed E-state index contributed by atoms with van der Waals surface area (Å²) in [7, 11) is 1.43. The second-order valence-electron chi connectivity index (χ2n) is 7.41. The zero-order valence-corrected chi connectivity index (χ0v) is 17.8. The van der Waals surface area contributed by atoms with Crippen LogP contribution in [0, 0.1) is 0 Å². The largest absolute Gasteiger partial charge is 0.486 e. The first-order valence-corrected chi connectivity index (χ1v) is 11.1. The summed E-state index contributed by atoms with van der Waals surface area (Å²) in [5.74, 6) is 1.65. The second-order valence-corrected chi connectivity index (χ2v) is 8.46. The van der Waals surface area contributed by atoms with Gasteiger partial charge in [-0.25, -0.2) is 0 Å². The van der Waals surface area contributed by atoms with E-state index in [2.05, 4.69) is 0 Å². The van der Waals surface area contributed by atoms with Gasteiger partial charge in [-0.2, -0.15) is 0 Å². The predicted molar refractivity (Wildman–Crippen MR) is 114 cm³/mol. The molecular formula is C23H25NO5S. The summed E-state index contributed by atoms with van der Waals surface area (Å²) < 4.78 is 16.3. The maximum Gasteiger partial charge on any atom is 0.316 e. The third kappa shape index (κ3) is 4.12. The molecule has 0 atom stereocenters. The van der Waals surface area contributed by atoms with Crippen LogP contribution in [0.25, 0.3) is 0 Å². The number of rotatable bonds is 5. The molecule has 1 fully saturated rings. The molecule has 2 aromatic rings. The fourth-order valence-corrected chi connectivity index (χ4v) is 4.88. The lowest BCUT2D eigenvalue weighted by molar-refractivity contribution is -0.151. The van der Waals surface area contributed by atoms with E-state index in [9.17, 15) is 9.59 Å². The van der Waals surface area contributed by atoms with Crippen LogP contribution in [-0.2, 0) is 19.7 Å². The van der Waals surface area contributed by atoms with Crippen molar-refractivity contribution in [2.24, 2.45) is 0 Å².